The lowest BCUT2D eigenvalue weighted by Gasteiger charge is -2.05. The maximum atomic E-state index is 13.3. The van der Waals surface area contributed by atoms with Gasteiger partial charge in [0.05, 0.1) is 12.0 Å². The van der Waals surface area contributed by atoms with Gasteiger partial charge in [0.25, 0.3) is 0 Å². The summed E-state index contributed by atoms with van der Waals surface area (Å²) in [7, 11) is 1.30. The maximum Gasteiger partial charge on any atom is 0.235 e. The third-order valence-corrected chi connectivity index (χ3v) is 2.07. The second kappa shape index (κ2) is 4.88. The summed E-state index contributed by atoms with van der Waals surface area (Å²) >= 11 is 3.08. The molecular formula is C9H7BrFNO3. The molecule has 0 saturated heterocycles. The predicted octanol–water partition coefficient (Wildman–Crippen LogP) is 2.84. The van der Waals surface area contributed by atoms with E-state index in [1.807, 2.05) is 0 Å². The molecule has 0 fully saturated rings. The Balaban J connectivity index is 3.20. The SMILES string of the molecule is COc1c(F)cc(Br)cc1/C=C/[N+](=O)[O-]. The summed E-state index contributed by atoms with van der Waals surface area (Å²) in [5.41, 5.74) is 0.307. The minimum atomic E-state index is -0.627. The number of benzene rings is 1. The van der Waals surface area contributed by atoms with Crippen LogP contribution in [0.2, 0.25) is 0 Å². The summed E-state index contributed by atoms with van der Waals surface area (Å²) < 4.78 is 18.6. The standard InChI is InChI=1S/C9H7BrFNO3/c1-15-9-6(2-3-12(13)14)4-7(10)5-8(9)11/h2-5H,1H3/b3-2+. The normalized spacial score (nSPS) is 10.6. The van der Waals surface area contributed by atoms with Crippen molar-refractivity contribution in [3.05, 3.63) is 44.3 Å². The first kappa shape index (κ1) is 11.6. The summed E-state index contributed by atoms with van der Waals surface area (Å²) in [5.74, 6) is -0.592. The molecule has 0 bridgehead atoms. The van der Waals surface area contributed by atoms with Crippen molar-refractivity contribution in [3.8, 4) is 5.75 Å². The van der Waals surface area contributed by atoms with E-state index in [1.165, 1.54) is 25.3 Å². The molecule has 0 N–H and O–H groups in total. The maximum absolute atomic E-state index is 13.3. The Bertz CT molecular complexity index is 420. The van der Waals surface area contributed by atoms with Gasteiger partial charge in [-0.3, -0.25) is 10.1 Å². The van der Waals surface area contributed by atoms with Crippen molar-refractivity contribution in [1.82, 2.24) is 0 Å². The van der Waals surface area contributed by atoms with Crippen LogP contribution < -0.4 is 4.74 Å². The number of hydrogen-bond acceptors (Lipinski definition) is 3. The van der Waals surface area contributed by atoms with Crippen LogP contribution in [0.4, 0.5) is 4.39 Å². The van der Waals surface area contributed by atoms with E-state index in [1.54, 1.807) is 0 Å². The van der Waals surface area contributed by atoms with Crippen LogP contribution in [0.1, 0.15) is 5.56 Å². The van der Waals surface area contributed by atoms with Gasteiger partial charge in [-0.15, -0.1) is 0 Å². The van der Waals surface area contributed by atoms with E-state index < -0.39 is 10.7 Å². The lowest BCUT2D eigenvalue weighted by atomic mass is 10.2. The Morgan fingerprint density at radius 3 is 2.80 bits per heavy atom. The highest BCUT2D eigenvalue weighted by Crippen LogP contribution is 2.27. The van der Waals surface area contributed by atoms with Crippen LogP contribution in [0, 0.1) is 15.9 Å². The minimum Gasteiger partial charge on any atom is -0.493 e. The van der Waals surface area contributed by atoms with Crippen molar-refractivity contribution >= 4 is 22.0 Å². The van der Waals surface area contributed by atoms with Crippen LogP contribution in [0.15, 0.2) is 22.8 Å². The number of nitro groups is 1. The average Bonchev–Trinajstić information content (AvgIpc) is 2.13. The molecule has 0 heterocycles. The topological polar surface area (TPSA) is 52.4 Å². The molecule has 0 aliphatic carbocycles. The van der Waals surface area contributed by atoms with E-state index in [0.29, 0.717) is 10.0 Å². The molecule has 6 heteroatoms. The van der Waals surface area contributed by atoms with Gasteiger partial charge in [-0.25, -0.2) is 4.39 Å². The highest BCUT2D eigenvalue weighted by molar-refractivity contribution is 9.10. The lowest BCUT2D eigenvalue weighted by molar-refractivity contribution is -0.400. The van der Waals surface area contributed by atoms with E-state index in [4.69, 9.17) is 4.74 Å². The van der Waals surface area contributed by atoms with Crippen molar-refractivity contribution in [3.63, 3.8) is 0 Å². The van der Waals surface area contributed by atoms with Gasteiger partial charge < -0.3 is 4.74 Å². The van der Waals surface area contributed by atoms with E-state index in [-0.39, 0.29) is 5.75 Å². The molecule has 0 aliphatic heterocycles. The summed E-state index contributed by atoms with van der Waals surface area (Å²) in [6, 6.07) is 2.75. The fourth-order valence-electron chi connectivity index (χ4n) is 1.06. The molecule has 0 amide bonds. The van der Waals surface area contributed by atoms with Gasteiger partial charge in [0.2, 0.25) is 6.20 Å². The van der Waals surface area contributed by atoms with Crippen molar-refractivity contribution in [1.29, 1.82) is 0 Å². The van der Waals surface area contributed by atoms with Crippen LogP contribution >= 0.6 is 15.9 Å². The molecule has 1 rings (SSSR count). The Hall–Kier alpha value is -1.43. The first-order chi connectivity index (χ1) is 7.04. The second-order valence-corrected chi connectivity index (χ2v) is 3.53. The summed E-state index contributed by atoms with van der Waals surface area (Å²) in [6.45, 7) is 0. The Morgan fingerprint density at radius 1 is 1.60 bits per heavy atom. The molecule has 0 radical (unpaired) electrons. The Morgan fingerprint density at radius 2 is 2.27 bits per heavy atom. The third kappa shape index (κ3) is 3.02. The molecule has 1 aromatic rings. The number of hydrogen-bond donors (Lipinski definition) is 0. The fourth-order valence-corrected chi connectivity index (χ4v) is 1.51. The van der Waals surface area contributed by atoms with Crippen molar-refractivity contribution in [2.75, 3.05) is 7.11 Å². The zero-order chi connectivity index (χ0) is 11.4. The minimum absolute atomic E-state index is 0.0173. The van der Waals surface area contributed by atoms with Crippen LogP contribution in [-0.2, 0) is 0 Å². The molecule has 80 valence electrons. The third-order valence-electron chi connectivity index (χ3n) is 1.62. The summed E-state index contributed by atoms with van der Waals surface area (Å²) in [5, 5.41) is 10.1. The smallest absolute Gasteiger partial charge is 0.235 e. The predicted molar refractivity (Wildman–Crippen MR) is 56.7 cm³/mol. The van der Waals surface area contributed by atoms with Gasteiger partial charge in [-0.2, -0.15) is 0 Å². The summed E-state index contributed by atoms with van der Waals surface area (Å²) in [4.78, 5) is 9.49. The average molecular weight is 276 g/mol. The van der Waals surface area contributed by atoms with Crippen LogP contribution in [0.5, 0.6) is 5.75 Å². The molecular weight excluding hydrogens is 269 g/mol. The Labute approximate surface area is 93.6 Å². The van der Waals surface area contributed by atoms with Crippen LogP contribution in [0.3, 0.4) is 0 Å². The van der Waals surface area contributed by atoms with E-state index in [9.17, 15) is 14.5 Å². The van der Waals surface area contributed by atoms with E-state index in [0.717, 1.165) is 6.20 Å². The number of nitrogens with zero attached hydrogens (tertiary/aromatic N) is 1. The molecule has 4 nitrogen and oxygen atoms in total. The van der Waals surface area contributed by atoms with Gasteiger partial charge >= 0.3 is 0 Å². The first-order valence-corrected chi connectivity index (χ1v) is 4.68. The quantitative estimate of drug-likeness (QED) is 0.630. The highest BCUT2D eigenvalue weighted by atomic mass is 79.9. The molecule has 0 atom stereocenters. The van der Waals surface area contributed by atoms with Crippen molar-refractivity contribution in [2.24, 2.45) is 0 Å². The molecule has 0 aromatic heterocycles. The Kier molecular flexibility index (Phi) is 3.79. The largest absolute Gasteiger partial charge is 0.493 e. The van der Waals surface area contributed by atoms with E-state index in [2.05, 4.69) is 15.9 Å². The van der Waals surface area contributed by atoms with E-state index >= 15 is 0 Å². The number of rotatable bonds is 3. The molecule has 0 saturated carbocycles. The van der Waals surface area contributed by atoms with Gasteiger partial charge in [-0.1, -0.05) is 15.9 Å². The molecule has 0 unspecified atom stereocenters. The summed E-state index contributed by atoms with van der Waals surface area (Å²) in [6.07, 6.45) is 1.90. The molecule has 15 heavy (non-hydrogen) atoms. The van der Waals surface area contributed by atoms with Crippen LogP contribution in [-0.4, -0.2) is 12.0 Å². The fraction of sp³-hybridized carbons (Fsp3) is 0.111. The van der Waals surface area contributed by atoms with Crippen molar-refractivity contribution < 1.29 is 14.1 Å². The number of ether oxygens (including phenoxy) is 1. The molecule has 1 aromatic carbocycles. The molecule has 0 spiro atoms. The van der Waals surface area contributed by atoms with Gasteiger partial charge in [0.1, 0.15) is 0 Å². The number of halogens is 2. The first-order valence-electron chi connectivity index (χ1n) is 3.89. The second-order valence-electron chi connectivity index (χ2n) is 2.61. The lowest BCUT2D eigenvalue weighted by Crippen LogP contribution is -1.92. The van der Waals surface area contributed by atoms with Crippen LogP contribution in [0.25, 0.3) is 6.08 Å². The zero-order valence-electron chi connectivity index (χ0n) is 7.74. The molecule has 0 aliphatic rings. The van der Waals surface area contributed by atoms with Crippen molar-refractivity contribution in [2.45, 2.75) is 0 Å². The zero-order valence-corrected chi connectivity index (χ0v) is 9.32. The van der Waals surface area contributed by atoms with Gasteiger partial charge in [-0.05, 0) is 12.1 Å². The van der Waals surface area contributed by atoms with Gasteiger partial charge in [0, 0.05) is 16.1 Å². The van der Waals surface area contributed by atoms with Gasteiger partial charge in [0.15, 0.2) is 11.6 Å². The monoisotopic (exact) mass is 275 g/mol. The highest BCUT2D eigenvalue weighted by Gasteiger charge is 2.09. The number of methoxy groups -OCH3 is 1.